The molecule has 3 aromatic rings. The van der Waals surface area contributed by atoms with Crippen LogP contribution in [0.1, 0.15) is 63.5 Å². The molecule has 0 spiro atoms. The van der Waals surface area contributed by atoms with Gasteiger partial charge in [-0.3, -0.25) is 9.59 Å². The van der Waals surface area contributed by atoms with Crippen LogP contribution in [0.15, 0.2) is 43.0 Å². The summed E-state index contributed by atoms with van der Waals surface area (Å²) < 4.78 is 2.00. The third kappa shape index (κ3) is 3.88. The van der Waals surface area contributed by atoms with Crippen molar-refractivity contribution in [3.8, 4) is 0 Å². The lowest BCUT2D eigenvalue weighted by molar-refractivity contribution is 0.0909. The number of aromatic nitrogens is 3. The minimum Gasteiger partial charge on any atom is -0.354 e. The van der Waals surface area contributed by atoms with Gasteiger partial charge in [-0.1, -0.05) is 38.1 Å². The van der Waals surface area contributed by atoms with Gasteiger partial charge in [0.2, 0.25) is 0 Å². The smallest absolute Gasteiger partial charge is 0.268 e. The molecule has 150 valence electrons. The molecule has 1 aliphatic carbocycles. The summed E-state index contributed by atoms with van der Waals surface area (Å²) in [6.07, 6.45) is 6.74. The van der Waals surface area contributed by atoms with Crippen molar-refractivity contribution in [2.45, 2.75) is 46.7 Å². The summed E-state index contributed by atoms with van der Waals surface area (Å²) in [5.41, 5.74) is 4.94. The number of hydrogen-bond acceptors (Lipinski definition) is 3. The van der Waals surface area contributed by atoms with Gasteiger partial charge in [-0.25, -0.2) is 4.98 Å². The van der Waals surface area contributed by atoms with E-state index in [0.717, 1.165) is 28.8 Å². The third-order valence-corrected chi connectivity index (χ3v) is 5.60. The van der Waals surface area contributed by atoms with Gasteiger partial charge in [-0.05, 0) is 35.4 Å². The highest BCUT2D eigenvalue weighted by Crippen LogP contribution is 2.36. The zero-order valence-corrected chi connectivity index (χ0v) is 17.1. The van der Waals surface area contributed by atoms with Crippen molar-refractivity contribution in [3.05, 3.63) is 76.6 Å². The molecule has 2 aromatic heterocycles. The molecule has 6 nitrogen and oxygen atoms in total. The molecule has 1 aromatic carbocycles. The van der Waals surface area contributed by atoms with E-state index in [1.54, 1.807) is 12.5 Å². The second-order valence-corrected chi connectivity index (χ2v) is 8.61. The van der Waals surface area contributed by atoms with Gasteiger partial charge in [0.05, 0.1) is 6.33 Å². The topological polar surface area (TPSA) is 79.8 Å². The van der Waals surface area contributed by atoms with Crippen molar-refractivity contribution in [3.63, 3.8) is 0 Å². The normalized spacial score (nSPS) is 15.2. The maximum Gasteiger partial charge on any atom is 0.268 e. The number of carbonyl (C=O) groups excluding carboxylic acids is 2. The summed E-state index contributed by atoms with van der Waals surface area (Å²) in [5, 5.41) is 3.01. The molecule has 2 heterocycles. The number of H-pyrrole nitrogens is 1. The van der Waals surface area contributed by atoms with Gasteiger partial charge >= 0.3 is 0 Å². The van der Waals surface area contributed by atoms with Crippen molar-refractivity contribution in [2.75, 3.05) is 0 Å². The van der Waals surface area contributed by atoms with Crippen LogP contribution in [0, 0.1) is 12.3 Å². The molecule has 0 atom stereocenters. The average Bonchev–Trinajstić information content (AvgIpc) is 3.27. The lowest BCUT2D eigenvalue weighted by Crippen LogP contribution is -2.26. The molecule has 0 aliphatic heterocycles. The Labute approximate surface area is 170 Å². The zero-order chi connectivity index (χ0) is 20.6. The number of carbonyl (C=O) groups is 2. The number of rotatable bonds is 5. The highest BCUT2D eigenvalue weighted by Gasteiger charge is 2.35. The monoisotopic (exact) mass is 390 g/mol. The standard InChI is InChI=1S/C23H26N4O2/c1-15-20-18(10-23(2,3)11-19(20)28)26-21(15)22(29)25-12-16-6-4-5-7-17(16)13-27-9-8-24-14-27/h4-9,14,26H,10-13H2,1-3H3,(H,25,29). The van der Waals surface area contributed by atoms with Gasteiger partial charge in [-0.2, -0.15) is 0 Å². The number of aromatic amines is 1. The summed E-state index contributed by atoms with van der Waals surface area (Å²) in [4.78, 5) is 32.8. The predicted molar refractivity (Wildman–Crippen MR) is 111 cm³/mol. The van der Waals surface area contributed by atoms with E-state index in [0.29, 0.717) is 30.8 Å². The Kier molecular flexibility index (Phi) is 4.86. The van der Waals surface area contributed by atoms with Crippen LogP contribution in [0.3, 0.4) is 0 Å². The van der Waals surface area contributed by atoms with Gasteiger partial charge < -0.3 is 14.9 Å². The molecule has 2 N–H and O–H groups in total. The van der Waals surface area contributed by atoms with Crippen molar-refractivity contribution >= 4 is 11.7 Å². The number of benzene rings is 1. The Morgan fingerprint density at radius 2 is 2.00 bits per heavy atom. The SMILES string of the molecule is Cc1c(C(=O)NCc2ccccc2Cn2ccnc2)[nH]c2c1C(=O)CC(C)(C)C2. The fourth-order valence-corrected chi connectivity index (χ4v) is 4.18. The Morgan fingerprint density at radius 3 is 2.72 bits per heavy atom. The maximum absolute atomic E-state index is 12.9. The molecule has 0 bridgehead atoms. The number of fused-ring (bicyclic) bond motifs is 1. The Morgan fingerprint density at radius 1 is 1.24 bits per heavy atom. The van der Waals surface area contributed by atoms with E-state index in [2.05, 4.69) is 35.2 Å². The number of nitrogens with one attached hydrogen (secondary N) is 2. The van der Waals surface area contributed by atoms with Crippen molar-refractivity contribution in [1.82, 2.24) is 19.9 Å². The Bertz CT molecular complexity index is 1060. The second kappa shape index (κ2) is 7.35. The van der Waals surface area contributed by atoms with Crippen LogP contribution in [-0.2, 0) is 19.5 Å². The van der Waals surface area contributed by atoms with Crippen molar-refractivity contribution in [2.24, 2.45) is 5.41 Å². The van der Waals surface area contributed by atoms with E-state index >= 15 is 0 Å². The van der Waals surface area contributed by atoms with E-state index < -0.39 is 0 Å². The minimum atomic E-state index is -0.181. The molecule has 0 saturated heterocycles. The van der Waals surface area contributed by atoms with Crippen LogP contribution in [0.25, 0.3) is 0 Å². The van der Waals surface area contributed by atoms with Crippen LogP contribution in [0.2, 0.25) is 0 Å². The summed E-state index contributed by atoms with van der Waals surface area (Å²) in [7, 11) is 0. The van der Waals surface area contributed by atoms with E-state index in [-0.39, 0.29) is 17.1 Å². The Balaban J connectivity index is 1.51. The largest absolute Gasteiger partial charge is 0.354 e. The Hall–Kier alpha value is -3.15. The highest BCUT2D eigenvalue weighted by molar-refractivity contribution is 6.04. The van der Waals surface area contributed by atoms with Crippen LogP contribution >= 0.6 is 0 Å². The number of imidazole rings is 1. The van der Waals surface area contributed by atoms with E-state index in [9.17, 15) is 9.59 Å². The summed E-state index contributed by atoms with van der Waals surface area (Å²) in [6, 6.07) is 8.04. The third-order valence-electron chi connectivity index (χ3n) is 5.60. The molecule has 0 saturated carbocycles. The van der Waals surface area contributed by atoms with Crippen molar-refractivity contribution in [1.29, 1.82) is 0 Å². The molecule has 0 radical (unpaired) electrons. The van der Waals surface area contributed by atoms with Crippen LogP contribution in [0.4, 0.5) is 0 Å². The molecule has 1 aliphatic rings. The summed E-state index contributed by atoms with van der Waals surface area (Å²) >= 11 is 0. The first kappa shape index (κ1) is 19.2. The minimum absolute atomic E-state index is 0.0820. The molecule has 0 unspecified atom stereocenters. The highest BCUT2D eigenvalue weighted by atomic mass is 16.2. The van der Waals surface area contributed by atoms with Crippen LogP contribution in [0.5, 0.6) is 0 Å². The van der Waals surface area contributed by atoms with E-state index in [4.69, 9.17) is 0 Å². The first-order valence-electron chi connectivity index (χ1n) is 9.89. The first-order valence-corrected chi connectivity index (χ1v) is 9.89. The lowest BCUT2D eigenvalue weighted by atomic mass is 9.75. The molecular formula is C23H26N4O2. The van der Waals surface area contributed by atoms with E-state index in [1.165, 1.54) is 0 Å². The second-order valence-electron chi connectivity index (χ2n) is 8.61. The fraction of sp³-hybridized carbons (Fsp3) is 0.348. The van der Waals surface area contributed by atoms with Gasteiger partial charge in [0.25, 0.3) is 5.91 Å². The molecule has 4 rings (SSSR count). The lowest BCUT2D eigenvalue weighted by Gasteiger charge is -2.28. The number of ketones is 1. The summed E-state index contributed by atoms with van der Waals surface area (Å²) in [5.74, 6) is -0.0605. The van der Waals surface area contributed by atoms with Crippen LogP contribution < -0.4 is 5.32 Å². The number of amides is 1. The molecule has 0 fully saturated rings. The van der Waals surface area contributed by atoms with E-state index in [1.807, 2.05) is 35.9 Å². The number of hydrogen-bond donors (Lipinski definition) is 2. The quantitative estimate of drug-likeness (QED) is 0.698. The predicted octanol–water partition coefficient (Wildman–Crippen LogP) is 3.65. The number of nitrogens with zero attached hydrogens (tertiary/aromatic N) is 2. The molecule has 29 heavy (non-hydrogen) atoms. The zero-order valence-electron chi connectivity index (χ0n) is 17.1. The van der Waals surface area contributed by atoms with Gasteiger partial charge in [0, 0.05) is 43.2 Å². The fourth-order valence-electron chi connectivity index (χ4n) is 4.18. The van der Waals surface area contributed by atoms with Gasteiger partial charge in [-0.15, -0.1) is 0 Å². The molecule has 6 heteroatoms. The number of Topliss-reactive ketones (excluding diaryl/α,β-unsaturated/α-hetero) is 1. The molecular weight excluding hydrogens is 364 g/mol. The average molecular weight is 390 g/mol. The van der Waals surface area contributed by atoms with Crippen molar-refractivity contribution < 1.29 is 9.59 Å². The van der Waals surface area contributed by atoms with Gasteiger partial charge in [0.1, 0.15) is 5.69 Å². The van der Waals surface area contributed by atoms with Crippen LogP contribution in [-0.4, -0.2) is 26.2 Å². The maximum atomic E-state index is 12.9. The molecule has 1 amide bonds. The first-order chi connectivity index (χ1) is 13.8. The summed E-state index contributed by atoms with van der Waals surface area (Å²) in [6.45, 7) is 7.15. The van der Waals surface area contributed by atoms with Gasteiger partial charge in [0.15, 0.2) is 5.78 Å².